The average Bonchev–Trinajstić information content (AvgIpc) is 3.12. The van der Waals surface area contributed by atoms with Gasteiger partial charge in [-0.25, -0.2) is 0 Å². The first kappa shape index (κ1) is 25.0. The summed E-state index contributed by atoms with van der Waals surface area (Å²) in [7, 11) is 3.89. The molecule has 1 aliphatic rings. The van der Waals surface area contributed by atoms with Crippen LogP contribution in [-0.2, 0) is 16.1 Å². The van der Waals surface area contributed by atoms with Crippen LogP contribution in [0.1, 0.15) is 41.6 Å². The van der Waals surface area contributed by atoms with Gasteiger partial charge in [0.2, 0.25) is 0 Å². The number of carbonyl (C=O) groups excluding carboxylic acids is 2. The molecule has 1 aliphatic heterocycles. The number of ketones is 1. The van der Waals surface area contributed by atoms with Crippen LogP contribution in [0.3, 0.4) is 0 Å². The molecule has 1 fully saturated rings. The van der Waals surface area contributed by atoms with Gasteiger partial charge in [-0.2, -0.15) is 0 Å². The van der Waals surface area contributed by atoms with Crippen LogP contribution in [0.4, 0.5) is 5.69 Å². The van der Waals surface area contributed by atoms with Crippen molar-refractivity contribution in [1.82, 2.24) is 9.88 Å². The Morgan fingerprint density at radius 3 is 2.47 bits per heavy atom. The highest BCUT2D eigenvalue weighted by molar-refractivity contribution is 6.46. The summed E-state index contributed by atoms with van der Waals surface area (Å²) in [6.45, 7) is 4.66. The third-order valence-corrected chi connectivity index (χ3v) is 6.27. The van der Waals surface area contributed by atoms with Gasteiger partial charge in [0, 0.05) is 44.3 Å². The van der Waals surface area contributed by atoms with Gasteiger partial charge >= 0.3 is 0 Å². The van der Waals surface area contributed by atoms with Gasteiger partial charge in [0.15, 0.2) is 0 Å². The standard InChI is InChI=1S/C29H31N3O4/c1-5-15-36-23-12-13-24(19(2)16-23)27(33)25-26(21-8-10-22(11-9-21)31(3)4)32(29(35)28(25)34)18-20-7-6-14-30-17-20/h6-14,16-17,26,33H,5,15,18H2,1-4H3/b27-25-. The van der Waals surface area contributed by atoms with Crippen molar-refractivity contribution in [2.75, 3.05) is 25.6 Å². The third-order valence-electron chi connectivity index (χ3n) is 6.27. The molecule has 0 saturated carbocycles. The number of aryl methyl sites for hydroxylation is 1. The Morgan fingerprint density at radius 2 is 1.86 bits per heavy atom. The summed E-state index contributed by atoms with van der Waals surface area (Å²) >= 11 is 0. The summed E-state index contributed by atoms with van der Waals surface area (Å²) in [5.74, 6) is -0.853. The fraction of sp³-hybridized carbons (Fsp3) is 0.276. The molecule has 0 bridgehead atoms. The van der Waals surface area contributed by atoms with Gasteiger partial charge in [0.1, 0.15) is 11.5 Å². The van der Waals surface area contributed by atoms with Crippen LogP contribution in [0, 0.1) is 6.92 Å². The zero-order valence-electron chi connectivity index (χ0n) is 21.1. The van der Waals surface area contributed by atoms with Gasteiger partial charge in [-0.15, -0.1) is 0 Å². The van der Waals surface area contributed by atoms with Crippen molar-refractivity contribution in [3.05, 3.63) is 94.8 Å². The maximum atomic E-state index is 13.3. The van der Waals surface area contributed by atoms with E-state index in [1.165, 1.54) is 4.90 Å². The Morgan fingerprint density at radius 1 is 1.11 bits per heavy atom. The number of hydrogen-bond acceptors (Lipinski definition) is 6. The molecule has 7 nitrogen and oxygen atoms in total. The Kier molecular flexibility index (Phi) is 7.38. The number of pyridine rings is 1. The minimum Gasteiger partial charge on any atom is -0.507 e. The number of aliphatic hydroxyl groups excluding tert-OH is 1. The van der Waals surface area contributed by atoms with E-state index >= 15 is 0 Å². The van der Waals surface area contributed by atoms with E-state index in [9.17, 15) is 14.7 Å². The highest BCUT2D eigenvalue weighted by Gasteiger charge is 2.46. The molecular formula is C29H31N3O4. The minimum atomic E-state index is -0.739. The SMILES string of the molecule is CCCOc1ccc(/C(O)=C2/C(=O)C(=O)N(Cc3cccnc3)C2c2ccc(N(C)C)cc2)c(C)c1. The first-order valence-corrected chi connectivity index (χ1v) is 12.0. The van der Waals surface area contributed by atoms with Crippen LogP contribution >= 0.6 is 0 Å². The number of likely N-dealkylation sites (tertiary alicyclic amines) is 1. The Bertz CT molecular complexity index is 1280. The molecule has 4 rings (SSSR count). The van der Waals surface area contributed by atoms with Crippen LogP contribution in [-0.4, -0.2) is 47.4 Å². The third kappa shape index (κ3) is 4.96. The van der Waals surface area contributed by atoms with E-state index in [1.807, 2.05) is 69.2 Å². The number of carbonyl (C=O) groups is 2. The summed E-state index contributed by atoms with van der Waals surface area (Å²) < 4.78 is 5.70. The fourth-order valence-corrected chi connectivity index (χ4v) is 4.39. The van der Waals surface area contributed by atoms with Gasteiger partial charge in [-0.1, -0.05) is 25.1 Å². The zero-order chi connectivity index (χ0) is 25.8. The van der Waals surface area contributed by atoms with Crippen molar-refractivity contribution >= 4 is 23.1 Å². The molecule has 186 valence electrons. The molecule has 1 atom stereocenters. The van der Waals surface area contributed by atoms with Gasteiger partial charge in [-0.05, 0) is 66.4 Å². The lowest BCUT2D eigenvalue weighted by molar-refractivity contribution is -0.140. The lowest BCUT2D eigenvalue weighted by atomic mass is 9.93. The predicted octanol–water partition coefficient (Wildman–Crippen LogP) is 4.87. The number of nitrogens with zero attached hydrogens (tertiary/aromatic N) is 3. The molecule has 1 saturated heterocycles. The lowest BCUT2D eigenvalue weighted by Gasteiger charge is -2.26. The second kappa shape index (κ2) is 10.6. The van der Waals surface area contributed by atoms with Crippen LogP contribution in [0.5, 0.6) is 5.75 Å². The Labute approximate surface area is 211 Å². The quantitative estimate of drug-likeness (QED) is 0.279. The molecule has 0 aliphatic carbocycles. The second-order valence-electron chi connectivity index (χ2n) is 9.10. The summed E-state index contributed by atoms with van der Waals surface area (Å²) in [5, 5.41) is 11.4. The number of hydrogen-bond donors (Lipinski definition) is 1. The normalized spacial score (nSPS) is 16.9. The number of Topliss-reactive ketones (excluding diaryl/α,β-unsaturated/α-hetero) is 1. The van der Waals surface area contributed by atoms with Gasteiger partial charge in [-0.3, -0.25) is 14.6 Å². The first-order valence-electron chi connectivity index (χ1n) is 12.0. The molecule has 1 aromatic heterocycles. The van der Waals surface area contributed by atoms with Crippen LogP contribution in [0.2, 0.25) is 0 Å². The molecule has 1 unspecified atom stereocenters. The van der Waals surface area contributed by atoms with E-state index in [1.54, 1.807) is 30.6 Å². The maximum absolute atomic E-state index is 13.3. The number of benzene rings is 2. The smallest absolute Gasteiger partial charge is 0.295 e. The number of amides is 1. The topological polar surface area (TPSA) is 83.0 Å². The number of aromatic nitrogens is 1. The summed E-state index contributed by atoms with van der Waals surface area (Å²) in [6.07, 6.45) is 4.21. The number of aliphatic hydroxyl groups is 1. The van der Waals surface area contributed by atoms with Crippen molar-refractivity contribution in [3.63, 3.8) is 0 Å². The van der Waals surface area contributed by atoms with Crippen molar-refractivity contribution in [2.45, 2.75) is 32.9 Å². The molecule has 0 radical (unpaired) electrons. The van der Waals surface area contributed by atoms with Crippen LogP contribution in [0.15, 0.2) is 72.6 Å². The molecule has 7 heteroatoms. The second-order valence-corrected chi connectivity index (χ2v) is 9.10. The van der Waals surface area contributed by atoms with Crippen molar-refractivity contribution < 1.29 is 19.4 Å². The maximum Gasteiger partial charge on any atom is 0.295 e. The molecule has 2 heterocycles. The van der Waals surface area contributed by atoms with Gasteiger partial charge in [0.05, 0.1) is 18.2 Å². The van der Waals surface area contributed by atoms with E-state index < -0.39 is 17.7 Å². The molecular weight excluding hydrogens is 454 g/mol. The fourth-order valence-electron chi connectivity index (χ4n) is 4.39. The lowest BCUT2D eigenvalue weighted by Crippen LogP contribution is -2.29. The molecule has 0 spiro atoms. The molecule has 2 aromatic carbocycles. The highest BCUT2D eigenvalue weighted by Crippen LogP contribution is 2.41. The summed E-state index contributed by atoms with van der Waals surface area (Å²) in [6, 6.07) is 15.9. The summed E-state index contributed by atoms with van der Waals surface area (Å²) in [4.78, 5) is 34.2. The molecule has 3 aromatic rings. The minimum absolute atomic E-state index is 0.0758. The van der Waals surface area contributed by atoms with Crippen molar-refractivity contribution in [2.24, 2.45) is 0 Å². The largest absolute Gasteiger partial charge is 0.507 e. The van der Waals surface area contributed by atoms with E-state index in [0.29, 0.717) is 17.9 Å². The Hall–Kier alpha value is -4.13. The van der Waals surface area contributed by atoms with E-state index in [2.05, 4.69) is 4.98 Å². The predicted molar refractivity (Wildman–Crippen MR) is 140 cm³/mol. The molecule has 1 amide bonds. The van der Waals surface area contributed by atoms with Crippen molar-refractivity contribution in [3.8, 4) is 5.75 Å². The number of rotatable bonds is 8. The first-order chi connectivity index (χ1) is 17.3. The van der Waals surface area contributed by atoms with E-state index in [-0.39, 0.29) is 17.9 Å². The molecule has 1 N–H and O–H groups in total. The van der Waals surface area contributed by atoms with E-state index in [0.717, 1.165) is 28.8 Å². The van der Waals surface area contributed by atoms with Gasteiger partial charge < -0.3 is 19.6 Å². The summed E-state index contributed by atoms with van der Waals surface area (Å²) in [5.41, 5.74) is 3.84. The van der Waals surface area contributed by atoms with Crippen molar-refractivity contribution in [1.29, 1.82) is 0 Å². The van der Waals surface area contributed by atoms with Crippen LogP contribution in [0.25, 0.3) is 5.76 Å². The zero-order valence-corrected chi connectivity index (χ0v) is 21.1. The number of anilines is 1. The molecule has 36 heavy (non-hydrogen) atoms. The monoisotopic (exact) mass is 485 g/mol. The van der Waals surface area contributed by atoms with Crippen LogP contribution < -0.4 is 9.64 Å². The average molecular weight is 486 g/mol. The number of ether oxygens (including phenoxy) is 1. The Balaban J connectivity index is 1.82. The van der Waals surface area contributed by atoms with E-state index in [4.69, 9.17) is 4.74 Å². The highest BCUT2D eigenvalue weighted by atomic mass is 16.5. The van der Waals surface area contributed by atoms with Gasteiger partial charge in [0.25, 0.3) is 11.7 Å².